The first-order valence-electron chi connectivity index (χ1n) is 19.2. The molecular formula is C40H49F12N3O7. The van der Waals surface area contributed by atoms with Crippen LogP contribution >= 0.6 is 0 Å². The fourth-order valence-corrected chi connectivity index (χ4v) is 8.16. The molecule has 2 aromatic carbocycles. The first-order valence-corrected chi connectivity index (χ1v) is 19.2. The van der Waals surface area contributed by atoms with Crippen molar-refractivity contribution in [2.75, 3.05) is 32.7 Å². The number of hydrogen-bond donors (Lipinski definition) is 2. The van der Waals surface area contributed by atoms with Gasteiger partial charge in [0.2, 0.25) is 0 Å². The third kappa shape index (κ3) is 14.2. The largest absolute Gasteiger partial charge is 0.508 e. The van der Waals surface area contributed by atoms with Crippen molar-refractivity contribution in [1.29, 1.82) is 0 Å². The minimum absolute atomic E-state index is 0. The molecule has 4 fully saturated rings. The highest BCUT2D eigenvalue weighted by Gasteiger charge is 2.61. The van der Waals surface area contributed by atoms with Crippen LogP contribution < -0.4 is 0 Å². The maximum atomic E-state index is 12.6. The zero-order valence-electron chi connectivity index (χ0n) is 32.5. The van der Waals surface area contributed by atoms with Crippen molar-refractivity contribution in [2.24, 2.45) is 5.41 Å². The quantitative estimate of drug-likeness (QED) is 0.225. The van der Waals surface area contributed by atoms with Crippen LogP contribution in [0.25, 0.3) is 0 Å². The van der Waals surface area contributed by atoms with E-state index in [1.165, 1.54) is 12.1 Å². The van der Waals surface area contributed by atoms with Crippen LogP contribution in [-0.2, 0) is 16.0 Å². The molecule has 1 saturated carbocycles. The van der Waals surface area contributed by atoms with Gasteiger partial charge in [-0.05, 0) is 93.2 Å². The maximum absolute atomic E-state index is 12.6. The van der Waals surface area contributed by atoms with Gasteiger partial charge < -0.3 is 29.5 Å². The topological polar surface area (TPSA) is 120 Å². The summed E-state index contributed by atoms with van der Waals surface area (Å²) >= 11 is 0. The van der Waals surface area contributed by atoms with Crippen molar-refractivity contribution in [1.82, 2.24) is 14.7 Å². The summed E-state index contributed by atoms with van der Waals surface area (Å²) in [6.45, 7) is 1.64. The van der Waals surface area contributed by atoms with Crippen molar-refractivity contribution >= 4 is 18.5 Å². The minimum atomic E-state index is -5.73. The number of halogens is 12. The van der Waals surface area contributed by atoms with Gasteiger partial charge in [-0.2, -0.15) is 52.7 Å². The molecule has 3 saturated heterocycles. The van der Waals surface area contributed by atoms with Crippen molar-refractivity contribution in [2.45, 2.75) is 121 Å². The van der Waals surface area contributed by atoms with E-state index in [2.05, 4.69) is 14.4 Å². The standard InChI is InChI=1S/C19H22F6N2O3.C13H17F6NO2.C7H6O2.CH4/c20-18(21,22)15(19(23,24)25)30-16(29)26-9-6-17(7-10-26)5-2-8-27(17)12-13-3-1-4-14(28)11-13;14-12(15,16)9(13(17,18)19)22-10(21)20-7-5-11(6-8-20)3-1-2-4-11;8-5-6-2-1-3-7(9)4-6;/h1,3-4,11,15,28H,2,5-10,12H2;9H,1-8H2;1-5,9H;1H4. The number of alkyl halides is 12. The molecular weight excluding hydrogens is 862 g/mol. The second kappa shape index (κ2) is 20.7. The monoisotopic (exact) mass is 911 g/mol. The number of likely N-dealkylation sites (tertiary alicyclic amines) is 3. The highest BCUT2D eigenvalue weighted by atomic mass is 19.4. The van der Waals surface area contributed by atoms with E-state index in [0.717, 1.165) is 60.4 Å². The van der Waals surface area contributed by atoms with E-state index in [9.17, 15) is 72.2 Å². The maximum Gasteiger partial charge on any atom is 0.434 e. The van der Waals surface area contributed by atoms with Crippen LogP contribution in [0.1, 0.15) is 87.6 Å². The highest BCUT2D eigenvalue weighted by molar-refractivity contribution is 5.75. The number of nitrogens with zero attached hydrogens (tertiary/aromatic N) is 3. The molecule has 2 N–H and O–H groups in total. The summed E-state index contributed by atoms with van der Waals surface area (Å²) in [6.07, 6.45) is -25.5. The molecule has 0 unspecified atom stereocenters. The fraction of sp³-hybridized carbons (Fsp3) is 0.625. The van der Waals surface area contributed by atoms with E-state index < -0.39 is 49.1 Å². The zero-order valence-corrected chi connectivity index (χ0v) is 32.5. The van der Waals surface area contributed by atoms with Crippen LogP contribution in [0.2, 0.25) is 0 Å². The van der Waals surface area contributed by atoms with Crippen LogP contribution in [0.5, 0.6) is 11.5 Å². The van der Waals surface area contributed by atoms with Gasteiger partial charge in [-0.25, -0.2) is 9.59 Å². The van der Waals surface area contributed by atoms with Crippen molar-refractivity contribution in [3.8, 4) is 11.5 Å². The molecule has 4 aliphatic rings. The Bertz CT molecular complexity index is 1740. The number of phenolic OH excluding ortho intramolecular Hbond substituents is 2. The number of piperidine rings is 2. The molecule has 22 heteroatoms. The van der Waals surface area contributed by atoms with Crippen molar-refractivity contribution < 1.29 is 86.8 Å². The average Bonchev–Trinajstić information content (AvgIpc) is 3.78. The number of rotatable bonds is 5. The first kappa shape index (κ1) is 51.7. The molecule has 3 aliphatic heterocycles. The molecule has 3 heterocycles. The summed E-state index contributed by atoms with van der Waals surface area (Å²) in [7, 11) is 0. The average molecular weight is 912 g/mol. The molecule has 1 aliphatic carbocycles. The van der Waals surface area contributed by atoms with Crippen molar-refractivity contribution in [3.05, 3.63) is 59.7 Å². The molecule has 62 heavy (non-hydrogen) atoms. The zero-order chi connectivity index (χ0) is 45.4. The Hall–Kier alpha value is -4.63. The van der Waals surface area contributed by atoms with Crippen LogP contribution in [0.4, 0.5) is 62.3 Å². The van der Waals surface area contributed by atoms with Gasteiger partial charge in [-0.1, -0.05) is 44.5 Å². The van der Waals surface area contributed by atoms with Gasteiger partial charge >= 0.3 is 36.9 Å². The minimum Gasteiger partial charge on any atom is -0.508 e. The molecule has 0 radical (unpaired) electrons. The lowest BCUT2D eigenvalue weighted by Gasteiger charge is -2.45. The number of hydrogen-bond acceptors (Lipinski definition) is 8. The number of carbonyl (C=O) groups excluding carboxylic acids is 3. The summed E-state index contributed by atoms with van der Waals surface area (Å²) in [4.78, 5) is 37.7. The molecule has 2 aromatic rings. The smallest absolute Gasteiger partial charge is 0.434 e. The third-order valence-electron chi connectivity index (χ3n) is 11.4. The SMILES string of the molecule is C.O=C(OC(C(F)(F)F)C(F)(F)F)N1CCC2(CCCC2)CC1.O=C(OC(C(F)(F)F)C(F)(F)F)N1CCC2(CCCN2Cc2cccc(O)c2)CC1.O=Cc1cccc(O)c1. The Kier molecular flexibility index (Phi) is 17.3. The van der Waals surface area contributed by atoms with E-state index in [4.69, 9.17) is 5.11 Å². The van der Waals surface area contributed by atoms with Gasteiger partial charge in [0.25, 0.3) is 12.2 Å². The van der Waals surface area contributed by atoms with Crippen LogP contribution in [0.15, 0.2) is 48.5 Å². The van der Waals surface area contributed by atoms with Gasteiger partial charge in [0.05, 0.1) is 0 Å². The summed E-state index contributed by atoms with van der Waals surface area (Å²) in [6, 6.07) is 13.0. The number of aromatic hydroxyl groups is 2. The lowest BCUT2D eigenvalue weighted by Crippen LogP contribution is -2.54. The number of phenols is 2. The molecule has 6 rings (SSSR count). The molecule has 10 nitrogen and oxygen atoms in total. The summed E-state index contributed by atoms with van der Waals surface area (Å²) in [5.74, 6) is 0.266. The molecule has 350 valence electrons. The molecule has 0 bridgehead atoms. The van der Waals surface area contributed by atoms with Crippen molar-refractivity contribution in [3.63, 3.8) is 0 Å². The third-order valence-corrected chi connectivity index (χ3v) is 11.4. The van der Waals surface area contributed by atoms with E-state index in [1.807, 2.05) is 6.07 Å². The van der Waals surface area contributed by atoms with Gasteiger partial charge in [-0.3, -0.25) is 9.69 Å². The Morgan fingerprint density at radius 3 is 1.45 bits per heavy atom. The summed E-state index contributed by atoms with van der Waals surface area (Å²) < 4.78 is 158. The van der Waals surface area contributed by atoms with E-state index in [-0.39, 0.29) is 56.1 Å². The number of carbonyl (C=O) groups is 3. The number of ether oxygens (including phenoxy) is 2. The molecule has 0 atom stereocenters. The first-order chi connectivity index (χ1) is 28.3. The number of aldehydes is 1. The lowest BCUT2D eigenvalue weighted by atomic mass is 9.77. The fourth-order valence-electron chi connectivity index (χ4n) is 8.16. The van der Waals surface area contributed by atoms with Crippen LogP contribution in [0.3, 0.4) is 0 Å². The van der Waals surface area contributed by atoms with Crippen LogP contribution in [0, 0.1) is 5.41 Å². The Labute approximate surface area is 349 Å². The Morgan fingerprint density at radius 1 is 0.613 bits per heavy atom. The van der Waals surface area contributed by atoms with Gasteiger partial charge in [0.15, 0.2) is 0 Å². The second-order valence-corrected chi connectivity index (χ2v) is 15.5. The number of amides is 2. The second-order valence-electron chi connectivity index (χ2n) is 15.5. The molecule has 0 aromatic heterocycles. The molecule has 2 spiro atoms. The Morgan fingerprint density at radius 2 is 1.05 bits per heavy atom. The van der Waals surface area contributed by atoms with Crippen LogP contribution in [-0.4, -0.2) is 119 Å². The summed E-state index contributed by atoms with van der Waals surface area (Å²) in [5.41, 5.74) is 1.21. The van der Waals surface area contributed by atoms with E-state index in [0.29, 0.717) is 44.1 Å². The Balaban J connectivity index is 0.000000279. The number of benzene rings is 2. The molecule has 2 amide bonds. The lowest BCUT2D eigenvalue weighted by molar-refractivity contribution is -0.309. The van der Waals surface area contributed by atoms with E-state index >= 15 is 0 Å². The van der Waals surface area contributed by atoms with Gasteiger partial charge in [0, 0.05) is 43.8 Å². The predicted octanol–water partition coefficient (Wildman–Crippen LogP) is 10.6. The van der Waals surface area contributed by atoms with Gasteiger partial charge in [-0.15, -0.1) is 0 Å². The van der Waals surface area contributed by atoms with E-state index in [1.54, 1.807) is 30.3 Å². The summed E-state index contributed by atoms with van der Waals surface area (Å²) in [5, 5.41) is 18.4. The highest BCUT2D eigenvalue weighted by Crippen LogP contribution is 2.47. The van der Waals surface area contributed by atoms with Gasteiger partial charge in [0.1, 0.15) is 17.8 Å². The predicted molar refractivity (Wildman–Crippen MR) is 198 cm³/mol. The normalized spacial score (nSPS) is 19.0.